The van der Waals surface area contributed by atoms with E-state index in [9.17, 15) is 4.39 Å². The first kappa shape index (κ1) is 9.66. The van der Waals surface area contributed by atoms with Gasteiger partial charge in [0.05, 0.1) is 0 Å². The summed E-state index contributed by atoms with van der Waals surface area (Å²) in [5.41, 5.74) is 6.69. The fraction of sp³-hybridized carbons (Fsp3) is 0.500. The molecule has 1 nitrogen and oxygen atoms in total. The van der Waals surface area contributed by atoms with E-state index in [1.807, 2.05) is 12.1 Å². The number of nitrogens with two attached hydrogens (primary N) is 1. The maximum Gasteiger partial charge on any atom is 0.126 e. The van der Waals surface area contributed by atoms with Crippen LogP contribution in [0.3, 0.4) is 0 Å². The molecule has 0 aromatic heterocycles. The van der Waals surface area contributed by atoms with Gasteiger partial charge in [0.2, 0.25) is 0 Å². The highest BCUT2D eigenvalue weighted by Crippen LogP contribution is 2.33. The molecule has 0 spiro atoms. The van der Waals surface area contributed by atoms with Crippen LogP contribution in [0.25, 0.3) is 0 Å². The molecule has 2 N–H and O–H groups in total. The second-order valence-corrected chi connectivity index (χ2v) is 4.13. The summed E-state index contributed by atoms with van der Waals surface area (Å²) in [5, 5.41) is 0. The van der Waals surface area contributed by atoms with E-state index in [1.54, 1.807) is 12.1 Å². The third-order valence-corrected chi connectivity index (χ3v) is 3.12. The lowest BCUT2D eigenvalue weighted by molar-refractivity contribution is 0.387. The molecule has 0 heterocycles. The van der Waals surface area contributed by atoms with Gasteiger partial charge in [0, 0.05) is 6.04 Å². The molecule has 0 atom stereocenters. The van der Waals surface area contributed by atoms with Crippen molar-refractivity contribution in [2.45, 2.75) is 37.6 Å². The molecule has 14 heavy (non-hydrogen) atoms. The highest BCUT2D eigenvalue weighted by atomic mass is 19.1. The largest absolute Gasteiger partial charge is 0.328 e. The lowest BCUT2D eigenvalue weighted by Crippen LogP contribution is -2.25. The first-order valence-corrected chi connectivity index (χ1v) is 5.27. The van der Waals surface area contributed by atoms with Gasteiger partial charge in [-0.1, -0.05) is 18.2 Å². The lowest BCUT2D eigenvalue weighted by Gasteiger charge is -2.26. The zero-order valence-corrected chi connectivity index (χ0v) is 8.25. The van der Waals surface area contributed by atoms with E-state index in [-0.39, 0.29) is 5.82 Å². The number of halogens is 1. The zero-order valence-electron chi connectivity index (χ0n) is 8.25. The van der Waals surface area contributed by atoms with Crippen molar-refractivity contribution < 1.29 is 4.39 Å². The van der Waals surface area contributed by atoms with Gasteiger partial charge < -0.3 is 5.73 Å². The van der Waals surface area contributed by atoms with Crippen LogP contribution in [0.4, 0.5) is 4.39 Å². The molecule has 2 heteroatoms. The van der Waals surface area contributed by atoms with E-state index in [0.717, 1.165) is 31.2 Å². The minimum atomic E-state index is -0.0621. The third-order valence-electron chi connectivity index (χ3n) is 3.12. The normalized spacial score (nSPS) is 27.6. The van der Waals surface area contributed by atoms with E-state index >= 15 is 0 Å². The number of rotatable bonds is 1. The van der Waals surface area contributed by atoms with Crippen molar-refractivity contribution in [1.82, 2.24) is 0 Å². The van der Waals surface area contributed by atoms with Crippen molar-refractivity contribution in [2.75, 3.05) is 0 Å². The number of hydrogen-bond donors (Lipinski definition) is 1. The first-order chi connectivity index (χ1) is 6.77. The predicted octanol–water partition coefficient (Wildman–Crippen LogP) is 2.81. The minimum Gasteiger partial charge on any atom is -0.328 e. The van der Waals surface area contributed by atoms with Crippen molar-refractivity contribution >= 4 is 0 Å². The average Bonchev–Trinajstić information content (AvgIpc) is 2.20. The van der Waals surface area contributed by atoms with Crippen LogP contribution in [-0.2, 0) is 0 Å². The maximum absolute atomic E-state index is 13.4. The molecule has 1 saturated carbocycles. The van der Waals surface area contributed by atoms with Crippen LogP contribution in [0, 0.1) is 5.82 Å². The molecule has 0 aliphatic heterocycles. The lowest BCUT2D eigenvalue weighted by atomic mass is 9.82. The van der Waals surface area contributed by atoms with Crippen molar-refractivity contribution in [3.8, 4) is 0 Å². The Labute approximate surface area is 84.1 Å². The molecule has 76 valence electrons. The van der Waals surface area contributed by atoms with Gasteiger partial charge in [-0.05, 0) is 43.2 Å². The standard InChI is InChI=1S/C12H16FN/c13-12-4-2-1-3-11(12)9-5-7-10(14)8-6-9/h1-4,9-10H,5-8,14H2. The van der Waals surface area contributed by atoms with Gasteiger partial charge >= 0.3 is 0 Å². The van der Waals surface area contributed by atoms with E-state index in [1.165, 1.54) is 0 Å². The molecular formula is C12H16FN. The fourth-order valence-corrected chi connectivity index (χ4v) is 2.24. The van der Waals surface area contributed by atoms with Crippen LogP contribution in [0.15, 0.2) is 24.3 Å². The fourth-order valence-electron chi connectivity index (χ4n) is 2.24. The molecular weight excluding hydrogens is 177 g/mol. The highest BCUT2D eigenvalue weighted by Gasteiger charge is 2.21. The summed E-state index contributed by atoms with van der Waals surface area (Å²) in [6.45, 7) is 0. The Morgan fingerprint density at radius 2 is 1.71 bits per heavy atom. The van der Waals surface area contributed by atoms with Crippen LogP contribution in [0.1, 0.15) is 37.2 Å². The SMILES string of the molecule is NC1CCC(c2ccccc2F)CC1. The molecule has 1 fully saturated rings. The molecule has 1 aromatic carbocycles. The second-order valence-electron chi connectivity index (χ2n) is 4.13. The Morgan fingerprint density at radius 1 is 1.07 bits per heavy atom. The molecule has 2 rings (SSSR count). The molecule has 1 aromatic rings. The van der Waals surface area contributed by atoms with Gasteiger partial charge in [-0.2, -0.15) is 0 Å². The topological polar surface area (TPSA) is 26.0 Å². The van der Waals surface area contributed by atoms with Gasteiger partial charge in [0.15, 0.2) is 0 Å². The van der Waals surface area contributed by atoms with Crippen LogP contribution in [-0.4, -0.2) is 6.04 Å². The number of hydrogen-bond acceptors (Lipinski definition) is 1. The van der Waals surface area contributed by atoms with Gasteiger partial charge in [-0.3, -0.25) is 0 Å². The molecule has 0 bridgehead atoms. The maximum atomic E-state index is 13.4. The van der Waals surface area contributed by atoms with Gasteiger partial charge in [-0.25, -0.2) is 4.39 Å². The molecule has 1 aliphatic rings. The van der Waals surface area contributed by atoms with Gasteiger partial charge in [0.1, 0.15) is 5.82 Å². The average molecular weight is 193 g/mol. The summed E-state index contributed by atoms with van der Waals surface area (Å²) in [7, 11) is 0. The van der Waals surface area contributed by atoms with Crippen LogP contribution >= 0.6 is 0 Å². The smallest absolute Gasteiger partial charge is 0.126 e. The summed E-state index contributed by atoms with van der Waals surface area (Å²) in [5.74, 6) is 0.323. The first-order valence-electron chi connectivity index (χ1n) is 5.27. The van der Waals surface area contributed by atoms with E-state index in [0.29, 0.717) is 12.0 Å². The molecule has 0 amide bonds. The Morgan fingerprint density at radius 3 is 2.36 bits per heavy atom. The second kappa shape index (κ2) is 4.09. The molecule has 0 radical (unpaired) electrons. The summed E-state index contributed by atoms with van der Waals surface area (Å²) in [4.78, 5) is 0. The molecule has 0 unspecified atom stereocenters. The van der Waals surface area contributed by atoms with Crippen molar-refractivity contribution in [1.29, 1.82) is 0 Å². The van der Waals surface area contributed by atoms with E-state index in [4.69, 9.17) is 5.73 Å². The molecule has 1 aliphatic carbocycles. The summed E-state index contributed by atoms with van der Waals surface area (Å²) >= 11 is 0. The van der Waals surface area contributed by atoms with Crippen LogP contribution in [0.2, 0.25) is 0 Å². The van der Waals surface area contributed by atoms with Crippen molar-refractivity contribution in [3.63, 3.8) is 0 Å². The van der Waals surface area contributed by atoms with Gasteiger partial charge in [-0.15, -0.1) is 0 Å². The van der Waals surface area contributed by atoms with Crippen molar-refractivity contribution in [2.24, 2.45) is 5.73 Å². The third kappa shape index (κ3) is 1.95. The van der Waals surface area contributed by atoms with Gasteiger partial charge in [0.25, 0.3) is 0 Å². The Kier molecular flexibility index (Phi) is 2.82. The summed E-state index contributed by atoms with van der Waals surface area (Å²) in [6.07, 6.45) is 4.11. The Hall–Kier alpha value is -0.890. The van der Waals surface area contributed by atoms with Crippen LogP contribution in [0.5, 0.6) is 0 Å². The minimum absolute atomic E-state index is 0.0621. The number of benzene rings is 1. The van der Waals surface area contributed by atoms with Crippen LogP contribution < -0.4 is 5.73 Å². The highest BCUT2D eigenvalue weighted by molar-refractivity contribution is 5.22. The summed E-state index contributed by atoms with van der Waals surface area (Å²) in [6, 6.07) is 7.43. The summed E-state index contributed by atoms with van der Waals surface area (Å²) < 4.78 is 13.4. The predicted molar refractivity (Wildman–Crippen MR) is 55.6 cm³/mol. The zero-order chi connectivity index (χ0) is 9.97. The monoisotopic (exact) mass is 193 g/mol. The Bertz CT molecular complexity index is 303. The van der Waals surface area contributed by atoms with E-state index < -0.39 is 0 Å². The van der Waals surface area contributed by atoms with Crippen molar-refractivity contribution in [3.05, 3.63) is 35.6 Å². The Balaban J connectivity index is 2.12. The quantitative estimate of drug-likeness (QED) is 0.729. The van der Waals surface area contributed by atoms with E-state index in [2.05, 4.69) is 0 Å². The molecule has 0 saturated heterocycles.